The van der Waals surface area contributed by atoms with Gasteiger partial charge >= 0.3 is 0 Å². The monoisotopic (exact) mass is 375 g/mol. The summed E-state index contributed by atoms with van der Waals surface area (Å²) in [5.74, 6) is 2.35. The highest BCUT2D eigenvalue weighted by Crippen LogP contribution is 2.28. The number of hydrogen-bond acceptors (Lipinski definition) is 4. The molecule has 0 aliphatic carbocycles. The van der Waals surface area contributed by atoms with Crippen LogP contribution in [0.3, 0.4) is 0 Å². The van der Waals surface area contributed by atoms with Crippen molar-refractivity contribution in [3.8, 4) is 5.75 Å². The van der Waals surface area contributed by atoms with Gasteiger partial charge in [-0.25, -0.2) is 0 Å². The first-order valence-electron chi connectivity index (χ1n) is 9.11. The molecule has 2 aliphatic rings. The van der Waals surface area contributed by atoms with Crippen molar-refractivity contribution in [3.05, 3.63) is 35.5 Å². The van der Waals surface area contributed by atoms with Gasteiger partial charge < -0.3 is 15.0 Å². The van der Waals surface area contributed by atoms with E-state index in [0.717, 1.165) is 78.8 Å². The predicted molar refractivity (Wildman–Crippen MR) is 105 cm³/mol. The number of carbonyl (C=O) groups is 1. The maximum Gasteiger partial charge on any atom is 0.255 e. The molecule has 2 aliphatic heterocycles. The summed E-state index contributed by atoms with van der Waals surface area (Å²) in [6, 6.07) is 7.77. The van der Waals surface area contributed by atoms with Gasteiger partial charge in [0.05, 0.1) is 23.9 Å². The zero-order valence-electron chi connectivity index (χ0n) is 15.3. The Labute approximate surface area is 160 Å². The lowest BCUT2D eigenvalue weighted by Crippen LogP contribution is -2.33. The van der Waals surface area contributed by atoms with E-state index in [9.17, 15) is 4.79 Å². The Morgan fingerprint density at radius 3 is 2.54 bits per heavy atom. The average Bonchev–Trinajstić information content (AvgIpc) is 2.98. The summed E-state index contributed by atoms with van der Waals surface area (Å²) in [5.41, 5.74) is 2.38. The number of rotatable bonds is 2. The molecule has 1 aromatic heterocycles. The smallest absolute Gasteiger partial charge is 0.255 e. The van der Waals surface area contributed by atoms with Gasteiger partial charge in [0, 0.05) is 24.5 Å². The molecule has 3 heterocycles. The van der Waals surface area contributed by atoms with Crippen LogP contribution >= 0.6 is 12.4 Å². The number of nitrogens with zero attached hydrogens (tertiary/aromatic N) is 2. The lowest BCUT2D eigenvalue weighted by atomic mass is 9.92. The maximum atomic E-state index is 13.1. The molecule has 0 spiro atoms. The minimum atomic E-state index is 0. The normalized spacial score (nSPS) is 22.5. The predicted octanol–water partition coefficient (Wildman–Crippen LogP) is 3.05. The Morgan fingerprint density at radius 2 is 1.88 bits per heavy atom. The number of fused-ring (bicyclic) bond motifs is 2. The van der Waals surface area contributed by atoms with Crippen LogP contribution in [0, 0.1) is 18.8 Å². The fraction of sp³-hybridized carbons (Fsp3) is 0.500. The number of aryl methyl sites for hydroxylation is 1. The summed E-state index contributed by atoms with van der Waals surface area (Å²) in [7, 11) is 1.65. The van der Waals surface area contributed by atoms with E-state index in [0.29, 0.717) is 0 Å². The van der Waals surface area contributed by atoms with Crippen molar-refractivity contribution in [3.63, 3.8) is 0 Å². The molecule has 0 bridgehead atoms. The van der Waals surface area contributed by atoms with Gasteiger partial charge in [-0.1, -0.05) is 0 Å². The third-order valence-corrected chi connectivity index (χ3v) is 5.75. The molecule has 2 saturated heterocycles. The third-order valence-electron chi connectivity index (χ3n) is 5.75. The van der Waals surface area contributed by atoms with Crippen molar-refractivity contribution >= 4 is 29.2 Å². The summed E-state index contributed by atoms with van der Waals surface area (Å²) >= 11 is 0. The van der Waals surface area contributed by atoms with Crippen molar-refractivity contribution in [2.24, 2.45) is 11.8 Å². The molecule has 0 radical (unpaired) electrons. The van der Waals surface area contributed by atoms with Crippen LogP contribution in [0.4, 0.5) is 0 Å². The molecule has 0 saturated carbocycles. The number of nitrogens with one attached hydrogen (secondary N) is 1. The number of hydrogen-bond donors (Lipinski definition) is 1. The topological polar surface area (TPSA) is 54.5 Å². The molecule has 1 aromatic carbocycles. The largest absolute Gasteiger partial charge is 0.497 e. The van der Waals surface area contributed by atoms with Gasteiger partial charge in [0.15, 0.2) is 0 Å². The van der Waals surface area contributed by atoms with Crippen LogP contribution in [-0.4, -0.2) is 49.1 Å². The SMILES string of the molecule is COc1ccc2cc(C(=O)N3CC[C@@H]4CNC[C@@H]4CC3)c(C)nc2c1.Cl. The zero-order valence-corrected chi connectivity index (χ0v) is 16.1. The Bertz CT molecular complexity index is 797. The second kappa shape index (κ2) is 7.80. The summed E-state index contributed by atoms with van der Waals surface area (Å²) in [6.45, 7) is 5.82. The van der Waals surface area contributed by atoms with Crippen LogP contribution in [0.15, 0.2) is 24.3 Å². The number of amides is 1. The molecule has 2 fully saturated rings. The average molecular weight is 376 g/mol. The van der Waals surface area contributed by atoms with Crippen molar-refractivity contribution in [2.45, 2.75) is 19.8 Å². The number of pyridine rings is 1. The molecule has 26 heavy (non-hydrogen) atoms. The molecular formula is C20H26ClN3O2. The maximum absolute atomic E-state index is 13.1. The number of ether oxygens (including phenoxy) is 1. The number of likely N-dealkylation sites (tertiary alicyclic amines) is 1. The zero-order chi connectivity index (χ0) is 17.4. The minimum Gasteiger partial charge on any atom is -0.497 e. The highest BCUT2D eigenvalue weighted by atomic mass is 35.5. The van der Waals surface area contributed by atoms with Crippen LogP contribution in [0.1, 0.15) is 28.9 Å². The molecule has 4 rings (SSSR count). The summed E-state index contributed by atoms with van der Waals surface area (Å²) in [6.07, 6.45) is 2.20. The summed E-state index contributed by atoms with van der Waals surface area (Å²) in [4.78, 5) is 19.8. The van der Waals surface area contributed by atoms with Crippen LogP contribution in [0.5, 0.6) is 5.75 Å². The summed E-state index contributed by atoms with van der Waals surface area (Å²) < 4.78 is 5.26. The number of methoxy groups -OCH3 is 1. The van der Waals surface area contributed by atoms with E-state index in [4.69, 9.17) is 4.74 Å². The van der Waals surface area contributed by atoms with Crippen molar-refractivity contribution in [1.82, 2.24) is 15.2 Å². The van der Waals surface area contributed by atoms with Crippen LogP contribution in [0.2, 0.25) is 0 Å². The van der Waals surface area contributed by atoms with Gasteiger partial charge in [-0.3, -0.25) is 9.78 Å². The summed E-state index contributed by atoms with van der Waals surface area (Å²) in [5, 5.41) is 4.46. The molecule has 0 unspecified atom stereocenters. The molecule has 6 heteroatoms. The third kappa shape index (κ3) is 3.51. The first-order chi connectivity index (χ1) is 12.2. The number of halogens is 1. The van der Waals surface area contributed by atoms with Gasteiger partial charge in [-0.15, -0.1) is 12.4 Å². The van der Waals surface area contributed by atoms with Crippen LogP contribution in [-0.2, 0) is 0 Å². The number of benzene rings is 1. The van der Waals surface area contributed by atoms with E-state index < -0.39 is 0 Å². The van der Waals surface area contributed by atoms with E-state index in [2.05, 4.69) is 10.3 Å². The Kier molecular flexibility index (Phi) is 5.68. The highest BCUT2D eigenvalue weighted by Gasteiger charge is 2.32. The highest BCUT2D eigenvalue weighted by molar-refractivity contribution is 5.98. The molecule has 140 valence electrons. The second-order valence-corrected chi connectivity index (χ2v) is 7.23. The van der Waals surface area contributed by atoms with Gasteiger partial charge in [-0.2, -0.15) is 0 Å². The first kappa shape index (κ1) is 18.9. The van der Waals surface area contributed by atoms with Crippen LogP contribution in [0.25, 0.3) is 10.9 Å². The van der Waals surface area contributed by atoms with Gasteiger partial charge in [0.25, 0.3) is 5.91 Å². The van der Waals surface area contributed by atoms with E-state index >= 15 is 0 Å². The van der Waals surface area contributed by atoms with Crippen molar-refractivity contribution in [1.29, 1.82) is 0 Å². The lowest BCUT2D eigenvalue weighted by molar-refractivity contribution is 0.0757. The standard InChI is InChI=1S/C20H25N3O2.ClH/c1-13-18(9-14-3-4-17(25-2)10-19(14)22-13)20(24)23-7-5-15-11-21-12-16(15)6-8-23;/h3-4,9-10,15-16,21H,5-8,11-12H2,1-2H3;1H/t15-,16+;. The number of carbonyl (C=O) groups excluding carboxylic acids is 1. The van der Waals surface area contributed by atoms with Crippen molar-refractivity contribution in [2.75, 3.05) is 33.3 Å². The minimum absolute atomic E-state index is 0. The number of aromatic nitrogens is 1. The molecule has 1 N–H and O–H groups in total. The molecular weight excluding hydrogens is 350 g/mol. The fourth-order valence-corrected chi connectivity index (χ4v) is 4.18. The molecule has 2 atom stereocenters. The Hall–Kier alpha value is -1.85. The lowest BCUT2D eigenvalue weighted by Gasteiger charge is -2.22. The molecule has 1 amide bonds. The van der Waals surface area contributed by atoms with E-state index in [1.54, 1.807) is 7.11 Å². The van der Waals surface area contributed by atoms with Crippen LogP contribution < -0.4 is 10.1 Å². The van der Waals surface area contributed by atoms with Gasteiger partial charge in [-0.05, 0) is 62.9 Å². The van der Waals surface area contributed by atoms with E-state index in [-0.39, 0.29) is 18.3 Å². The van der Waals surface area contributed by atoms with Crippen molar-refractivity contribution < 1.29 is 9.53 Å². The molecule has 2 aromatic rings. The second-order valence-electron chi connectivity index (χ2n) is 7.23. The Balaban J connectivity index is 0.00000196. The first-order valence-corrected chi connectivity index (χ1v) is 9.11. The quantitative estimate of drug-likeness (QED) is 0.876. The Morgan fingerprint density at radius 1 is 1.19 bits per heavy atom. The van der Waals surface area contributed by atoms with E-state index in [1.165, 1.54) is 0 Å². The van der Waals surface area contributed by atoms with Gasteiger partial charge in [0.2, 0.25) is 0 Å². The van der Waals surface area contributed by atoms with E-state index in [1.807, 2.05) is 36.1 Å². The van der Waals surface area contributed by atoms with Gasteiger partial charge in [0.1, 0.15) is 5.75 Å². The fourth-order valence-electron chi connectivity index (χ4n) is 4.18. The molecule has 5 nitrogen and oxygen atoms in total.